The molecular formula is C47H55F3N2. The van der Waals surface area contributed by atoms with E-state index in [0.717, 1.165) is 36.1 Å². The lowest BCUT2D eigenvalue weighted by molar-refractivity contribution is -0.210. The largest absolute Gasteiger partial charge is 0.394 e. The van der Waals surface area contributed by atoms with Crippen LogP contribution in [0.15, 0.2) is 107 Å². The molecule has 0 N–H and O–H groups in total. The van der Waals surface area contributed by atoms with Crippen molar-refractivity contribution in [2.24, 2.45) is 11.3 Å². The molecule has 0 aromatic heterocycles. The van der Waals surface area contributed by atoms with E-state index in [1.165, 1.54) is 75.2 Å². The van der Waals surface area contributed by atoms with Crippen molar-refractivity contribution in [3.8, 4) is 0 Å². The van der Waals surface area contributed by atoms with Gasteiger partial charge in [-0.1, -0.05) is 94.0 Å². The molecule has 0 saturated heterocycles. The van der Waals surface area contributed by atoms with Crippen LogP contribution in [0.1, 0.15) is 85.0 Å². The van der Waals surface area contributed by atoms with Crippen LogP contribution < -0.4 is 0 Å². The van der Waals surface area contributed by atoms with Crippen molar-refractivity contribution in [3.05, 3.63) is 152 Å². The molecule has 2 nitrogen and oxygen atoms in total. The highest BCUT2D eigenvalue weighted by atomic mass is 19.4. The minimum absolute atomic E-state index is 0.0481. The maximum Gasteiger partial charge on any atom is 0.394 e. The molecule has 274 valence electrons. The third-order valence-corrected chi connectivity index (χ3v) is 11.6. The van der Waals surface area contributed by atoms with Gasteiger partial charge < -0.3 is 9.80 Å². The zero-order valence-corrected chi connectivity index (χ0v) is 32.7. The lowest BCUT2D eigenvalue weighted by Gasteiger charge is -2.39. The van der Waals surface area contributed by atoms with Gasteiger partial charge in [-0.3, -0.25) is 0 Å². The van der Waals surface area contributed by atoms with E-state index in [1.54, 1.807) is 0 Å². The van der Waals surface area contributed by atoms with Crippen LogP contribution in [0, 0.1) is 39.0 Å². The normalized spacial score (nSPS) is 20.2. The van der Waals surface area contributed by atoms with Gasteiger partial charge in [0.15, 0.2) is 0 Å². The fourth-order valence-corrected chi connectivity index (χ4v) is 8.22. The lowest BCUT2D eigenvalue weighted by Crippen LogP contribution is -2.37. The number of alkyl halides is 3. The molecule has 2 aliphatic heterocycles. The monoisotopic (exact) mass is 704 g/mol. The number of hydrogen-bond acceptors (Lipinski definition) is 2. The number of likely N-dealkylation sites (N-methyl/N-ethyl adjacent to an activating group) is 2. The smallest absolute Gasteiger partial charge is 0.364 e. The van der Waals surface area contributed by atoms with Crippen LogP contribution in [0.3, 0.4) is 0 Å². The molecule has 5 heteroatoms. The summed E-state index contributed by atoms with van der Waals surface area (Å²) in [5, 5.41) is 0. The Balaban J connectivity index is 1.25. The van der Waals surface area contributed by atoms with Gasteiger partial charge in [-0.25, -0.2) is 0 Å². The highest BCUT2D eigenvalue weighted by Crippen LogP contribution is 2.46. The Morgan fingerprint density at radius 3 is 2.12 bits per heavy atom. The molecule has 0 amide bonds. The summed E-state index contributed by atoms with van der Waals surface area (Å²) >= 11 is 0. The van der Waals surface area contributed by atoms with Crippen molar-refractivity contribution in [1.29, 1.82) is 0 Å². The second kappa shape index (κ2) is 14.3. The van der Waals surface area contributed by atoms with Crippen LogP contribution in [0.4, 0.5) is 13.2 Å². The van der Waals surface area contributed by atoms with E-state index in [9.17, 15) is 13.2 Å². The summed E-state index contributed by atoms with van der Waals surface area (Å²) in [4.78, 5) is 4.66. The van der Waals surface area contributed by atoms with Gasteiger partial charge >= 0.3 is 6.18 Å². The zero-order chi connectivity index (χ0) is 37.7. The molecule has 52 heavy (non-hydrogen) atoms. The van der Waals surface area contributed by atoms with Gasteiger partial charge in [-0.05, 0) is 134 Å². The van der Waals surface area contributed by atoms with Crippen LogP contribution >= 0.6 is 0 Å². The predicted octanol–water partition coefficient (Wildman–Crippen LogP) is 11.9. The van der Waals surface area contributed by atoms with Gasteiger partial charge in [-0.2, -0.15) is 13.2 Å². The molecule has 2 aromatic carbocycles. The number of hydrogen-bond donors (Lipinski definition) is 0. The Labute approximate surface area is 310 Å². The molecule has 2 atom stereocenters. The fourth-order valence-electron chi connectivity index (χ4n) is 8.22. The van der Waals surface area contributed by atoms with E-state index in [1.807, 2.05) is 18.2 Å². The van der Waals surface area contributed by atoms with Crippen LogP contribution in [0.2, 0.25) is 0 Å². The van der Waals surface area contributed by atoms with E-state index in [2.05, 4.69) is 132 Å². The van der Waals surface area contributed by atoms with Gasteiger partial charge in [0.25, 0.3) is 0 Å². The topological polar surface area (TPSA) is 6.48 Å². The molecule has 2 unspecified atom stereocenters. The summed E-state index contributed by atoms with van der Waals surface area (Å²) < 4.78 is 41.5. The van der Waals surface area contributed by atoms with Crippen LogP contribution in [0.25, 0.3) is 11.4 Å². The first-order valence-corrected chi connectivity index (χ1v) is 18.8. The first-order chi connectivity index (χ1) is 24.4. The van der Waals surface area contributed by atoms with Gasteiger partial charge in [0.1, 0.15) is 0 Å². The number of allylic oxidation sites excluding steroid dienone is 8. The highest BCUT2D eigenvalue weighted by Gasteiger charge is 2.48. The average molecular weight is 705 g/mol. The zero-order valence-electron chi connectivity index (χ0n) is 32.7. The Hall–Kier alpha value is -4.25. The third-order valence-electron chi connectivity index (χ3n) is 11.6. The Morgan fingerprint density at radius 1 is 0.750 bits per heavy atom. The van der Waals surface area contributed by atoms with Gasteiger partial charge in [0.2, 0.25) is 0 Å². The van der Waals surface area contributed by atoms with Crippen molar-refractivity contribution in [3.63, 3.8) is 0 Å². The number of benzene rings is 2. The molecule has 0 saturated carbocycles. The van der Waals surface area contributed by atoms with Crippen molar-refractivity contribution in [2.45, 2.75) is 99.3 Å². The maximum atomic E-state index is 13.8. The molecular weight excluding hydrogens is 650 g/mol. The van der Waals surface area contributed by atoms with Crippen molar-refractivity contribution in [2.75, 3.05) is 14.1 Å². The average Bonchev–Trinajstić information content (AvgIpc) is 3.07. The summed E-state index contributed by atoms with van der Waals surface area (Å²) in [5.74, 6) is 0.622. The molecule has 2 aliphatic carbocycles. The molecule has 0 spiro atoms. The molecule has 0 bridgehead atoms. The highest BCUT2D eigenvalue weighted by molar-refractivity contribution is 5.75. The molecule has 4 aliphatic rings. The second-order valence-electron chi connectivity index (χ2n) is 16.5. The molecule has 6 rings (SSSR count). The number of fused-ring (bicyclic) bond motifs is 2. The Bertz CT molecular complexity index is 2000. The van der Waals surface area contributed by atoms with Gasteiger partial charge in [0, 0.05) is 36.6 Å². The summed E-state index contributed by atoms with van der Waals surface area (Å²) in [5.41, 5.74) is 15.2. The summed E-state index contributed by atoms with van der Waals surface area (Å²) in [6.45, 7) is 16.0. The van der Waals surface area contributed by atoms with Crippen LogP contribution in [-0.4, -0.2) is 42.2 Å². The van der Waals surface area contributed by atoms with E-state index < -0.39 is 11.6 Å². The number of halogens is 3. The third kappa shape index (κ3) is 7.34. The quantitative estimate of drug-likeness (QED) is 0.256. The molecule has 0 fully saturated rings. The van der Waals surface area contributed by atoms with Crippen LogP contribution in [-0.2, 0) is 12.8 Å². The minimum Gasteiger partial charge on any atom is -0.364 e. The van der Waals surface area contributed by atoms with Crippen molar-refractivity contribution >= 4 is 11.4 Å². The van der Waals surface area contributed by atoms with E-state index in [-0.39, 0.29) is 18.5 Å². The predicted molar refractivity (Wildman–Crippen MR) is 213 cm³/mol. The van der Waals surface area contributed by atoms with E-state index in [0.29, 0.717) is 5.92 Å². The van der Waals surface area contributed by atoms with E-state index >= 15 is 0 Å². The van der Waals surface area contributed by atoms with E-state index in [4.69, 9.17) is 0 Å². The molecule has 2 heterocycles. The first-order valence-electron chi connectivity index (χ1n) is 18.8. The lowest BCUT2D eigenvalue weighted by atomic mass is 9.78. The maximum absolute atomic E-state index is 13.8. The SMILES string of the molecule is Cc1cc(CCc2cc(C)c(C)c(C3=CC=C4C=CC(CC(C)C)=CC4N3C)c2)c(C)c(C2=CC=C3C(CC(C)(C)C(F)(F)F)=CC=CC3N2C)c1. The Morgan fingerprint density at radius 2 is 1.42 bits per heavy atom. The second-order valence-corrected chi connectivity index (χ2v) is 16.5. The number of nitrogens with zero attached hydrogens (tertiary/aromatic N) is 2. The van der Waals surface area contributed by atoms with Crippen LogP contribution in [0.5, 0.6) is 0 Å². The number of rotatable bonds is 9. The van der Waals surface area contributed by atoms with Gasteiger partial charge in [-0.15, -0.1) is 0 Å². The van der Waals surface area contributed by atoms with Gasteiger partial charge in [0.05, 0.1) is 17.5 Å². The summed E-state index contributed by atoms with van der Waals surface area (Å²) in [6.07, 6.45) is 20.2. The fraction of sp³-hybridized carbons (Fsp3) is 0.404. The summed E-state index contributed by atoms with van der Waals surface area (Å²) in [6, 6.07) is 9.45. The first kappa shape index (κ1) is 37.5. The molecule has 0 radical (unpaired) electrons. The van der Waals surface area contributed by atoms with Crippen molar-refractivity contribution in [1.82, 2.24) is 9.80 Å². The Kier molecular flexibility index (Phi) is 10.3. The number of aryl methyl sites for hydroxylation is 4. The standard InChI is InChI=1S/C47H55F3N2/c1-29(2)22-34-14-16-36-18-20-43(52(10)45(36)27-34)41-26-35(25-31(4)32(41)5)15-17-37-23-30(3)24-40(33(37)6)44-21-19-39-38(12-11-13-42(39)51(44)9)28-46(7,8)47(48,49)50/h11-14,16,18-21,23-27,29,42,45H,15,17,22,28H2,1-10H3. The minimum atomic E-state index is -4.27. The molecule has 2 aromatic rings. The summed E-state index contributed by atoms with van der Waals surface area (Å²) in [7, 11) is 4.28. The van der Waals surface area contributed by atoms with Crippen molar-refractivity contribution < 1.29 is 13.2 Å².